The predicted molar refractivity (Wildman–Crippen MR) is 109 cm³/mol. The molecule has 5 nitrogen and oxygen atoms in total. The first-order chi connectivity index (χ1) is 13.2. The molecule has 2 aliphatic rings. The van der Waals surface area contributed by atoms with Gasteiger partial charge in [0.2, 0.25) is 5.91 Å². The fourth-order valence-electron chi connectivity index (χ4n) is 4.22. The van der Waals surface area contributed by atoms with E-state index < -0.39 is 0 Å². The van der Waals surface area contributed by atoms with Gasteiger partial charge >= 0.3 is 0 Å². The topological polar surface area (TPSA) is 67.6 Å². The third kappa shape index (κ3) is 6.59. The van der Waals surface area contributed by atoms with E-state index in [2.05, 4.69) is 40.5 Å². The molecule has 0 aliphatic carbocycles. The molecular formula is C22H35N3O2. The lowest BCUT2D eigenvalue weighted by atomic mass is 9.90. The van der Waals surface area contributed by atoms with Crippen molar-refractivity contribution in [3.05, 3.63) is 35.9 Å². The van der Waals surface area contributed by atoms with Gasteiger partial charge in [-0.3, -0.25) is 4.79 Å². The van der Waals surface area contributed by atoms with E-state index in [4.69, 9.17) is 10.5 Å². The molecule has 0 spiro atoms. The third-order valence-corrected chi connectivity index (χ3v) is 5.94. The summed E-state index contributed by atoms with van der Waals surface area (Å²) in [7, 11) is 0. The van der Waals surface area contributed by atoms with Crippen molar-refractivity contribution in [1.29, 1.82) is 0 Å². The van der Waals surface area contributed by atoms with Crippen LogP contribution in [0.1, 0.15) is 44.1 Å². The van der Waals surface area contributed by atoms with Gasteiger partial charge < -0.3 is 20.7 Å². The second-order valence-electron chi connectivity index (χ2n) is 8.03. The van der Waals surface area contributed by atoms with Crippen LogP contribution in [-0.4, -0.2) is 55.7 Å². The number of nitrogens with one attached hydrogen (secondary N) is 1. The van der Waals surface area contributed by atoms with Crippen LogP contribution in [0.4, 0.5) is 0 Å². The van der Waals surface area contributed by atoms with Crippen LogP contribution in [0.2, 0.25) is 0 Å². The van der Waals surface area contributed by atoms with Crippen molar-refractivity contribution in [2.75, 3.05) is 32.7 Å². The Hall–Kier alpha value is -1.43. The Kier molecular flexibility index (Phi) is 8.11. The van der Waals surface area contributed by atoms with Gasteiger partial charge in [-0.15, -0.1) is 0 Å². The van der Waals surface area contributed by atoms with Crippen LogP contribution in [-0.2, 0) is 16.0 Å². The molecular weight excluding hydrogens is 338 g/mol. The minimum atomic E-state index is -0.290. The highest BCUT2D eigenvalue weighted by Crippen LogP contribution is 2.22. The van der Waals surface area contributed by atoms with E-state index in [1.807, 2.05) is 0 Å². The number of carbonyl (C=O) groups is 1. The number of benzene rings is 1. The quantitative estimate of drug-likeness (QED) is 0.652. The van der Waals surface area contributed by atoms with E-state index in [1.54, 1.807) is 0 Å². The van der Waals surface area contributed by atoms with Gasteiger partial charge in [0.25, 0.3) is 0 Å². The molecule has 3 N–H and O–H groups in total. The zero-order chi connectivity index (χ0) is 18.9. The molecule has 1 amide bonds. The van der Waals surface area contributed by atoms with E-state index in [0.29, 0.717) is 6.54 Å². The zero-order valence-electron chi connectivity index (χ0n) is 16.4. The summed E-state index contributed by atoms with van der Waals surface area (Å²) in [4.78, 5) is 14.6. The van der Waals surface area contributed by atoms with E-state index in [1.165, 1.54) is 37.9 Å². The van der Waals surface area contributed by atoms with Crippen molar-refractivity contribution < 1.29 is 9.53 Å². The van der Waals surface area contributed by atoms with Crippen molar-refractivity contribution in [3.63, 3.8) is 0 Å². The first-order valence-corrected chi connectivity index (χ1v) is 10.6. The molecule has 0 aromatic heterocycles. The van der Waals surface area contributed by atoms with E-state index in [-0.39, 0.29) is 18.1 Å². The highest BCUT2D eigenvalue weighted by Gasteiger charge is 2.29. The lowest BCUT2D eigenvalue weighted by molar-refractivity contribution is -0.131. The van der Waals surface area contributed by atoms with Crippen LogP contribution in [0.15, 0.2) is 30.3 Å². The highest BCUT2D eigenvalue weighted by molar-refractivity contribution is 5.80. The molecule has 0 saturated carbocycles. The minimum absolute atomic E-state index is 0.0349. The molecule has 2 fully saturated rings. The molecule has 0 radical (unpaired) electrons. The molecule has 2 aliphatic heterocycles. The second-order valence-corrected chi connectivity index (χ2v) is 8.03. The molecule has 0 unspecified atom stereocenters. The Morgan fingerprint density at radius 1 is 1.11 bits per heavy atom. The van der Waals surface area contributed by atoms with E-state index >= 15 is 0 Å². The highest BCUT2D eigenvalue weighted by atomic mass is 16.5. The van der Waals surface area contributed by atoms with Crippen LogP contribution < -0.4 is 11.1 Å². The smallest absolute Gasteiger partial charge is 0.249 e. The molecule has 150 valence electrons. The molecule has 5 heteroatoms. The number of nitrogens with two attached hydrogens (primary N) is 1. The van der Waals surface area contributed by atoms with Crippen LogP contribution >= 0.6 is 0 Å². The summed E-state index contributed by atoms with van der Waals surface area (Å²) in [6.45, 7) is 4.81. The van der Waals surface area contributed by atoms with Gasteiger partial charge in [-0.25, -0.2) is 0 Å². The van der Waals surface area contributed by atoms with Gasteiger partial charge in [-0.05, 0) is 76.1 Å². The van der Waals surface area contributed by atoms with Gasteiger partial charge in [0.05, 0.1) is 6.10 Å². The SMILES string of the molecule is NC[C@H]1CC[C@@H](C(=O)NCCCCN2CCC(Cc3ccccc3)CC2)O1. The maximum atomic E-state index is 12.1. The number of hydrogen-bond donors (Lipinski definition) is 2. The summed E-state index contributed by atoms with van der Waals surface area (Å²) < 4.78 is 5.63. The number of unbranched alkanes of at least 4 members (excludes halogenated alkanes) is 1. The number of likely N-dealkylation sites (tertiary alicyclic amines) is 1. The van der Waals surface area contributed by atoms with Gasteiger partial charge in [0.15, 0.2) is 0 Å². The number of hydrogen-bond acceptors (Lipinski definition) is 4. The standard InChI is InChI=1S/C22H35N3O2/c23-17-20-8-9-21(27-20)22(26)24-12-4-5-13-25-14-10-19(11-15-25)16-18-6-2-1-3-7-18/h1-3,6-7,19-21H,4-5,8-17,23H2,(H,24,26)/t20-,21+/m1/s1. The second kappa shape index (κ2) is 10.8. The summed E-state index contributed by atoms with van der Waals surface area (Å²) in [6.07, 6.45) is 7.45. The summed E-state index contributed by atoms with van der Waals surface area (Å²) >= 11 is 0. The number of carbonyl (C=O) groups excluding carboxylic acids is 1. The fraction of sp³-hybridized carbons (Fsp3) is 0.682. The first-order valence-electron chi connectivity index (χ1n) is 10.6. The normalized spacial score (nSPS) is 24.2. The number of piperidine rings is 1. The van der Waals surface area contributed by atoms with Gasteiger partial charge in [0, 0.05) is 13.1 Å². The summed E-state index contributed by atoms with van der Waals surface area (Å²) in [5, 5.41) is 3.02. The molecule has 1 aromatic rings. The number of nitrogens with zero attached hydrogens (tertiary/aromatic N) is 1. The summed E-state index contributed by atoms with van der Waals surface area (Å²) in [6, 6.07) is 10.9. The Morgan fingerprint density at radius 2 is 1.89 bits per heavy atom. The Morgan fingerprint density at radius 3 is 2.59 bits per heavy atom. The molecule has 3 rings (SSSR count). The van der Waals surface area contributed by atoms with Crippen LogP contribution in [0.5, 0.6) is 0 Å². The summed E-state index contributed by atoms with van der Waals surface area (Å²) in [5.41, 5.74) is 7.06. The number of amides is 1. The van der Waals surface area contributed by atoms with Crippen LogP contribution in [0, 0.1) is 5.92 Å². The van der Waals surface area contributed by atoms with Crippen molar-refractivity contribution in [3.8, 4) is 0 Å². The zero-order valence-corrected chi connectivity index (χ0v) is 16.4. The fourth-order valence-corrected chi connectivity index (χ4v) is 4.22. The largest absolute Gasteiger partial charge is 0.364 e. The molecule has 1 aromatic carbocycles. The average molecular weight is 374 g/mol. The van der Waals surface area contributed by atoms with E-state index in [0.717, 1.165) is 44.7 Å². The lowest BCUT2D eigenvalue weighted by Crippen LogP contribution is -2.37. The van der Waals surface area contributed by atoms with Crippen LogP contribution in [0.3, 0.4) is 0 Å². The number of ether oxygens (including phenoxy) is 1. The monoisotopic (exact) mass is 373 g/mol. The van der Waals surface area contributed by atoms with Crippen molar-refractivity contribution in [2.24, 2.45) is 11.7 Å². The van der Waals surface area contributed by atoms with Crippen molar-refractivity contribution in [2.45, 2.75) is 57.2 Å². The Labute approximate surface area is 163 Å². The molecule has 27 heavy (non-hydrogen) atoms. The van der Waals surface area contributed by atoms with E-state index in [9.17, 15) is 4.79 Å². The predicted octanol–water partition coefficient (Wildman–Crippen LogP) is 2.34. The van der Waals surface area contributed by atoms with Gasteiger partial charge in [-0.1, -0.05) is 30.3 Å². The molecule has 0 bridgehead atoms. The first kappa shape index (κ1) is 20.3. The van der Waals surface area contributed by atoms with Crippen molar-refractivity contribution >= 4 is 5.91 Å². The van der Waals surface area contributed by atoms with Crippen LogP contribution in [0.25, 0.3) is 0 Å². The molecule has 2 heterocycles. The lowest BCUT2D eigenvalue weighted by Gasteiger charge is -2.32. The van der Waals surface area contributed by atoms with Gasteiger partial charge in [-0.2, -0.15) is 0 Å². The third-order valence-electron chi connectivity index (χ3n) is 5.94. The average Bonchev–Trinajstić information content (AvgIpc) is 3.19. The Bertz CT molecular complexity index is 558. The molecule has 2 saturated heterocycles. The maximum absolute atomic E-state index is 12.1. The van der Waals surface area contributed by atoms with Gasteiger partial charge in [0.1, 0.15) is 6.10 Å². The Balaban J connectivity index is 1.22. The number of rotatable bonds is 9. The summed E-state index contributed by atoms with van der Waals surface area (Å²) in [5.74, 6) is 0.861. The minimum Gasteiger partial charge on any atom is -0.364 e. The maximum Gasteiger partial charge on any atom is 0.249 e. The van der Waals surface area contributed by atoms with Crippen molar-refractivity contribution in [1.82, 2.24) is 10.2 Å². The molecule has 2 atom stereocenters.